The number of aromatic nitrogens is 2. The van der Waals surface area contributed by atoms with E-state index in [1.807, 2.05) is 6.92 Å². The third-order valence-corrected chi connectivity index (χ3v) is 4.10. The van der Waals surface area contributed by atoms with Gasteiger partial charge in [0.2, 0.25) is 0 Å². The van der Waals surface area contributed by atoms with Crippen molar-refractivity contribution >= 4 is 11.6 Å². The van der Waals surface area contributed by atoms with Gasteiger partial charge in [-0.05, 0) is 38.8 Å². The highest BCUT2D eigenvalue weighted by atomic mass is 15.1. The first-order valence-corrected chi connectivity index (χ1v) is 8.07. The maximum absolute atomic E-state index is 6.00. The highest BCUT2D eigenvalue weighted by Gasteiger charge is 2.16. The van der Waals surface area contributed by atoms with Gasteiger partial charge >= 0.3 is 0 Å². The standard InChI is InChI=1S/C16H29N5/c1-11(2)15-19-14(17)13(4)16(20-15)18-9-12(3)10-21-7-5-6-8-21/h11-12H,5-10H2,1-4H3,(H3,17,18,19,20). The summed E-state index contributed by atoms with van der Waals surface area (Å²) in [6, 6.07) is 0. The van der Waals surface area contributed by atoms with Crippen LogP contribution in [0.5, 0.6) is 0 Å². The summed E-state index contributed by atoms with van der Waals surface area (Å²) in [7, 11) is 0. The van der Waals surface area contributed by atoms with Crippen molar-refractivity contribution in [3.8, 4) is 0 Å². The fraction of sp³-hybridized carbons (Fsp3) is 0.750. The Morgan fingerprint density at radius 3 is 2.48 bits per heavy atom. The SMILES string of the molecule is Cc1c(N)nc(C(C)C)nc1NCC(C)CN1CCCC1. The molecule has 5 nitrogen and oxygen atoms in total. The summed E-state index contributed by atoms with van der Waals surface area (Å²) in [6.45, 7) is 13.0. The van der Waals surface area contributed by atoms with Crippen molar-refractivity contribution in [2.24, 2.45) is 5.92 Å². The molecule has 0 amide bonds. The molecule has 1 aromatic heterocycles. The third-order valence-electron chi connectivity index (χ3n) is 4.10. The molecule has 118 valence electrons. The van der Waals surface area contributed by atoms with Crippen LogP contribution in [0.15, 0.2) is 0 Å². The summed E-state index contributed by atoms with van der Waals surface area (Å²) < 4.78 is 0. The molecule has 1 aliphatic heterocycles. The highest BCUT2D eigenvalue weighted by molar-refractivity contribution is 5.54. The largest absolute Gasteiger partial charge is 0.383 e. The van der Waals surface area contributed by atoms with Gasteiger partial charge in [0.25, 0.3) is 0 Å². The Morgan fingerprint density at radius 2 is 1.86 bits per heavy atom. The van der Waals surface area contributed by atoms with E-state index in [0.29, 0.717) is 11.7 Å². The van der Waals surface area contributed by atoms with Gasteiger partial charge in [-0.15, -0.1) is 0 Å². The van der Waals surface area contributed by atoms with Crippen molar-refractivity contribution < 1.29 is 0 Å². The molecule has 0 radical (unpaired) electrons. The molecule has 2 rings (SSSR count). The Kier molecular flexibility index (Phi) is 5.39. The van der Waals surface area contributed by atoms with Crippen molar-refractivity contribution in [1.82, 2.24) is 14.9 Å². The first kappa shape index (κ1) is 16.0. The van der Waals surface area contributed by atoms with Crippen LogP contribution >= 0.6 is 0 Å². The van der Waals surface area contributed by atoms with Crippen LogP contribution in [0, 0.1) is 12.8 Å². The van der Waals surface area contributed by atoms with E-state index in [2.05, 4.69) is 41.0 Å². The van der Waals surface area contributed by atoms with Crippen LogP contribution in [-0.2, 0) is 0 Å². The fourth-order valence-corrected chi connectivity index (χ4v) is 2.72. The number of likely N-dealkylation sites (tertiary alicyclic amines) is 1. The fourth-order valence-electron chi connectivity index (χ4n) is 2.72. The van der Waals surface area contributed by atoms with Crippen LogP contribution in [0.2, 0.25) is 0 Å². The second kappa shape index (κ2) is 7.07. The molecule has 1 aromatic rings. The van der Waals surface area contributed by atoms with Crippen LogP contribution in [0.4, 0.5) is 11.6 Å². The van der Waals surface area contributed by atoms with E-state index in [-0.39, 0.29) is 5.92 Å². The average molecular weight is 291 g/mol. The van der Waals surface area contributed by atoms with E-state index >= 15 is 0 Å². The van der Waals surface area contributed by atoms with Crippen LogP contribution < -0.4 is 11.1 Å². The van der Waals surface area contributed by atoms with E-state index < -0.39 is 0 Å². The lowest BCUT2D eigenvalue weighted by Gasteiger charge is -2.21. The van der Waals surface area contributed by atoms with Crippen LogP contribution in [0.25, 0.3) is 0 Å². The maximum Gasteiger partial charge on any atom is 0.135 e. The smallest absolute Gasteiger partial charge is 0.135 e. The minimum absolute atomic E-state index is 0.287. The van der Waals surface area contributed by atoms with Crippen molar-refractivity contribution in [3.63, 3.8) is 0 Å². The van der Waals surface area contributed by atoms with Gasteiger partial charge in [0, 0.05) is 24.6 Å². The van der Waals surface area contributed by atoms with E-state index in [0.717, 1.165) is 30.3 Å². The molecule has 1 unspecified atom stereocenters. The van der Waals surface area contributed by atoms with Crippen molar-refractivity contribution in [2.45, 2.75) is 46.5 Å². The minimum Gasteiger partial charge on any atom is -0.383 e. The lowest BCUT2D eigenvalue weighted by molar-refractivity contribution is 0.294. The Labute approximate surface area is 128 Å². The second-order valence-corrected chi connectivity index (χ2v) is 6.59. The average Bonchev–Trinajstić information content (AvgIpc) is 2.92. The third kappa shape index (κ3) is 4.30. The highest BCUT2D eigenvalue weighted by Crippen LogP contribution is 2.21. The number of anilines is 2. The predicted octanol–water partition coefficient (Wildman–Crippen LogP) is 2.63. The van der Waals surface area contributed by atoms with E-state index in [1.165, 1.54) is 25.9 Å². The van der Waals surface area contributed by atoms with Crippen LogP contribution in [0.3, 0.4) is 0 Å². The van der Waals surface area contributed by atoms with Gasteiger partial charge in [0.15, 0.2) is 0 Å². The Balaban J connectivity index is 1.95. The van der Waals surface area contributed by atoms with Gasteiger partial charge in [-0.3, -0.25) is 0 Å². The van der Waals surface area contributed by atoms with E-state index in [1.54, 1.807) is 0 Å². The van der Waals surface area contributed by atoms with Crippen LogP contribution in [0.1, 0.15) is 50.9 Å². The molecule has 0 spiro atoms. The molecule has 1 fully saturated rings. The quantitative estimate of drug-likeness (QED) is 0.843. The van der Waals surface area contributed by atoms with Crippen molar-refractivity contribution in [3.05, 3.63) is 11.4 Å². The molecule has 2 heterocycles. The number of rotatable bonds is 6. The summed E-state index contributed by atoms with van der Waals surface area (Å²) in [5.41, 5.74) is 6.95. The number of nitrogens with two attached hydrogens (primary N) is 1. The van der Waals surface area contributed by atoms with Gasteiger partial charge in [-0.1, -0.05) is 20.8 Å². The number of hydrogen-bond donors (Lipinski definition) is 2. The van der Waals surface area contributed by atoms with Gasteiger partial charge in [0.1, 0.15) is 17.5 Å². The van der Waals surface area contributed by atoms with Crippen molar-refractivity contribution in [2.75, 3.05) is 37.2 Å². The topological polar surface area (TPSA) is 67.1 Å². The molecule has 0 aliphatic carbocycles. The first-order valence-electron chi connectivity index (χ1n) is 8.07. The summed E-state index contributed by atoms with van der Waals surface area (Å²) in [4.78, 5) is 11.5. The molecule has 1 aliphatic rings. The number of hydrogen-bond acceptors (Lipinski definition) is 5. The normalized spacial score (nSPS) is 17.4. The number of nitrogens with zero attached hydrogens (tertiary/aromatic N) is 3. The molecule has 0 aromatic carbocycles. The van der Waals surface area contributed by atoms with Crippen molar-refractivity contribution in [1.29, 1.82) is 0 Å². The summed E-state index contributed by atoms with van der Waals surface area (Å²) >= 11 is 0. The zero-order valence-corrected chi connectivity index (χ0v) is 13.8. The predicted molar refractivity (Wildman–Crippen MR) is 88.6 cm³/mol. The lowest BCUT2D eigenvalue weighted by atomic mass is 10.1. The van der Waals surface area contributed by atoms with Crippen LogP contribution in [-0.4, -0.2) is 41.0 Å². The molecule has 1 saturated heterocycles. The van der Waals surface area contributed by atoms with Gasteiger partial charge in [-0.25, -0.2) is 9.97 Å². The first-order chi connectivity index (χ1) is 9.97. The Bertz CT molecular complexity index is 466. The second-order valence-electron chi connectivity index (χ2n) is 6.59. The van der Waals surface area contributed by atoms with E-state index in [9.17, 15) is 0 Å². The summed E-state index contributed by atoms with van der Waals surface area (Å²) in [6.07, 6.45) is 2.69. The Morgan fingerprint density at radius 1 is 1.19 bits per heavy atom. The summed E-state index contributed by atoms with van der Waals surface area (Å²) in [5, 5.41) is 3.46. The lowest BCUT2D eigenvalue weighted by Crippen LogP contribution is -2.29. The molecule has 1 atom stereocenters. The number of nitrogens with one attached hydrogen (secondary N) is 1. The monoisotopic (exact) mass is 291 g/mol. The van der Waals surface area contributed by atoms with Gasteiger partial charge < -0.3 is 16.0 Å². The molecule has 0 bridgehead atoms. The summed E-state index contributed by atoms with van der Waals surface area (Å²) in [5.74, 6) is 3.17. The maximum atomic E-state index is 6.00. The molecule has 0 saturated carbocycles. The molecule has 5 heteroatoms. The Hall–Kier alpha value is -1.36. The zero-order chi connectivity index (χ0) is 15.4. The minimum atomic E-state index is 0.287. The molecular formula is C16H29N5. The van der Waals surface area contributed by atoms with Gasteiger partial charge in [0.05, 0.1) is 0 Å². The number of nitrogen functional groups attached to an aromatic ring is 1. The van der Waals surface area contributed by atoms with Gasteiger partial charge in [-0.2, -0.15) is 0 Å². The molecule has 21 heavy (non-hydrogen) atoms. The van der Waals surface area contributed by atoms with E-state index in [4.69, 9.17) is 5.73 Å². The molecule has 3 N–H and O–H groups in total. The molecular weight excluding hydrogens is 262 g/mol. The zero-order valence-electron chi connectivity index (χ0n) is 13.8.